The number of nitro groups is 1. The predicted molar refractivity (Wildman–Crippen MR) is 119 cm³/mol. The van der Waals surface area contributed by atoms with Crippen LogP contribution in [0.4, 0.5) is 11.4 Å². The van der Waals surface area contributed by atoms with Gasteiger partial charge in [-0.2, -0.15) is 0 Å². The van der Waals surface area contributed by atoms with Gasteiger partial charge in [-0.15, -0.1) is 0 Å². The highest BCUT2D eigenvalue weighted by atomic mass is 32.2. The largest absolute Gasteiger partial charge is 0.452 e. The van der Waals surface area contributed by atoms with Gasteiger partial charge < -0.3 is 10.1 Å². The molecule has 1 amide bonds. The second-order valence-electron chi connectivity index (χ2n) is 7.44. The highest BCUT2D eigenvalue weighted by molar-refractivity contribution is 7.91. The van der Waals surface area contributed by atoms with Gasteiger partial charge in [0.2, 0.25) is 9.84 Å². The number of ketones is 1. The van der Waals surface area contributed by atoms with Crippen LogP contribution in [-0.4, -0.2) is 37.6 Å². The third-order valence-electron chi connectivity index (χ3n) is 5.13. The first-order valence-electron chi connectivity index (χ1n) is 9.84. The van der Waals surface area contributed by atoms with Gasteiger partial charge in [0.25, 0.3) is 11.6 Å². The first-order chi connectivity index (χ1) is 16.1. The normalized spacial score (nSPS) is 13.4. The summed E-state index contributed by atoms with van der Waals surface area (Å²) in [6.07, 6.45) is 0. The molecule has 11 heteroatoms. The molecular weight excluding hydrogens is 464 g/mol. The van der Waals surface area contributed by atoms with Crippen LogP contribution in [0.2, 0.25) is 0 Å². The fourth-order valence-electron chi connectivity index (χ4n) is 3.51. The van der Waals surface area contributed by atoms with Gasteiger partial charge >= 0.3 is 5.97 Å². The molecular formula is C23H16N2O8S. The topological polar surface area (TPSA) is 150 Å². The molecule has 3 aromatic rings. The van der Waals surface area contributed by atoms with Crippen molar-refractivity contribution in [2.24, 2.45) is 0 Å². The molecule has 0 aliphatic carbocycles. The Balaban J connectivity index is 1.51. The number of rotatable bonds is 5. The van der Waals surface area contributed by atoms with Gasteiger partial charge in [-0.25, -0.2) is 13.2 Å². The molecule has 0 bridgehead atoms. The van der Waals surface area contributed by atoms with Crippen LogP contribution in [0, 0.1) is 17.0 Å². The fraction of sp³-hybridized carbons (Fsp3) is 0.0870. The molecule has 3 aromatic carbocycles. The zero-order valence-corrected chi connectivity index (χ0v) is 18.4. The number of aryl methyl sites for hydroxylation is 1. The highest BCUT2D eigenvalue weighted by Crippen LogP contribution is 2.35. The van der Waals surface area contributed by atoms with E-state index in [1.807, 2.05) is 0 Å². The molecule has 0 saturated heterocycles. The summed E-state index contributed by atoms with van der Waals surface area (Å²) in [5, 5.41) is 13.5. The van der Waals surface area contributed by atoms with E-state index < -0.39 is 39.0 Å². The standard InChI is InChI=1S/C23H16N2O8S/c1-13-6-9-17(18(10-13)25(29)30)24-21(26)12-33-23(28)14-7-8-16-20(11-14)34(31,32)19-5-3-2-4-15(19)22(16)27/h2-11H,12H2,1H3,(H,24,26). The van der Waals surface area contributed by atoms with Crippen LogP contribution in [0.25, 0.3) is 0 Å². The average Bonchev–Trinajstić information content (AvgIpc) is 2.82. The molecule has 172 valence electrons. The summed E-state index contributed by atoms with van der Waals surface area (Å²) in [6, 6.07) is 13.5. The Bertz CT molecular complexity index is 1490. The van der Waals surface area contributed by atoms with Crippen LogP contribution >= 0.6 is 0 Å². The number of carbonyl (C=O) groups is 3. The van der Waals surface area contributed by atoms with E-state index in [9.17, 15) is 32.9 Å². The maximum atomic E-state index is 13.0. The van der Waals surface area contributed by atoms with Crippen molar-refractivity contribution in [3.8, 4) is 0 Å². The number of amides is 1. The van der Waals surface area contributed by atoms with Crippen molar-refractivity contribution in [2.45, 2.75) is 16.7 Å². The third kappa shape index (κ3) is 4.04. The van der Waals surface area contributed by atoms with Gasteiger partial charge in [0.1, 0.15) is 5.69 Å². The summed E-state index contributed by atoms with van der Waals surface area (Å²) in [4.78, 5) is 47.3. The Kier molecular flexibility index (Phi) is 5.71. The molecule has 10 nitrogen and oxygen atoms in total. The number of carbonyl (C=O) groups excluding carboxylic acids is 3. The van der Waals surface area contributed by atoms with E-state index >= 15 is 0 Å². The van der Waals surface area contributed by atoms with Gasteiger partial charge in [-0.05, 0) is 48.9 Å². The van der Waals surface area contributed by atoms with Crippen LogP contribution in [0.15, 0.2) is 70.5 Å². The van der Waals surface area contributed by atoms with Gasteiger partial charge in [-0.3, -0.25) is 19.7 Å². The Morgan fingerprint density at radius 3 is 2.44 bits per heavy atom. The molecule has 1 aliphatic heterocycles. The lowest BCUT2D eigenvalue weighted by Crippen LogP contribution is -2.23. The highest BCUT2D eigenvalue weighted by Gasteiger charge is 2.35. The molecule has 4 rings (SSSR count). The molecule has 1 heterocycles. The summed E-state index contributed by atoms with van der Waals surface area (Å²) >= 11 is 0. The summed E-state index contributed by atoms with van der Waals surface area (Å²) in [7, 11) is -4.05. The summed E-state index contributed by atoms with van der Waals surface area (Å²) in [5.41, 5.74) is 0.0494. The van der Waals surface area contributed by atoms with Crippen LogP contribution in [0.1, 0.15) is 31.8 Å². The molecule has 34 heavy (non-hydrogen) atoms. The Morgan fingerprint density at radius 1 is 1.00 bits per heavy atom. The van der Waals surface area contributed by atoms with Gasteiger partial charge in [0.15, 0.2) is 12.4 Å². The van der Waals surface area contributed by atoms with E-state index in [0.717, 1.165) is 6.07 Å². The molecule has 1 aliphatic rings. The number of nitro benzene ring substituents is 1. The van der Waals surface area contributed by atoms with Crippen molar-refractivity contribution in [1.82, 2.24) is 0 Å². The van der Waals surface area contributed by atoms with Gasteiger partial charge in [0, 0.05) is 17.2 Å². The summed E-state index contributed by atoms with van der Waals surface area (Å²) in [6.45, 7) is 0.890. The maximum Gasteiger partial charge on any atom is 0.338 e. The van der Waals surface area contributed by atoms with Crippen molar-refractivity contribution < 1.29 is 32.5 Å². The predicted octanol–water partition coefficient (Wildman–Crippen LogP) is 3.08. The number of hydrogen-bond donors (Lipinski definition) is 1. The fourth-order valence-corrected chi connectivity index (χ4v) is 5.19. The molecule has 0 fully saturated rings. The van der Waals surface area contributed by atoms with Crippen molar-refractivity contribution in [1.29, 1.82) is 0 Å². The van der Waals surface area contributed by atoms with Gasteiger partial charge in [0.05, 0.1) is 20.3 Å². The smallest absolute Gasteiger partial charge is 0.338 e. The van der Waals surface area contributed by atoms with E-state index in [1.54, 1.807) is 19.1 Å². The van der Waals surface area contributed by atoms with Crippen molar-refractivity contribution in [2.75, 3.05) is 11.9 Å². The minimum atomic E-state index is -4.05. The number of sulfone groups is 1. The molecule has 0 saturated carbocycles. The van der Waals surface area contributed by atoms with E-state index in [-0.39, 0.29) is 37.9 Å². The lowest BCUT2D eigenvalue weighted by atomic mass is 10.0. The van der Waals surface area contributed by atoms with Crippen LogP contribution < -0.4 is 5.32 Å². The van der Waals surface area contributed by atoms with Crippen LogP contribution in [-0.2, 0) is 19.4 Å². The number of nitrogens with zero attached hydrogens (tertiary/aromatic N) is 1. The first kappa shape index (κ1) is 22.8. The van der Waals surface area contributed by atoms with Crippen molar-refractivity contribution >= 4 is 38.9 Å². The van der Waals surface area contributed by atoms with Crippen molar-refractivity contribution in [3.05, 3.63) is 93.0 Å². The molecule has 1 N–H and O–H groups in total. The average molecular weight is 480 g/mol. The first-order valence-corrected chi connectivity index (χ1v) is 11.3. The summed E-state index contributed by atoms with van der Waals surface area (Å²) < 4.78 is 30.9. The van der Waals surface area contributed by atoms with Crippen LogP contribution in [0.3, 0.4) is 0 Å². The molecule has 0 unspecified atom stereocenters. The molecule has 0 spiro atoms. The minimum absolute atomic E-state index is 0.0483. The second-order valence-corrected chi connectivity index (χ2v) is 9.33. The molecule has 0 aromatic heterocycles. The van der Waals surface area contributed by atoms with E-state index in [0.29, 0.717) is 5.56 Å². The van der Waals surface area contributed by atoms with E-state index in [4.69, 9.17) is 4.74 Å². The molecule has 0 atom stereocenters. The van der Waals surface area contributed by atoms with Gasteiger partial charge in [-0.1, -0.05) is 18.2 Å². The zero-order chi connectivity index (χ0) is 24.6. The lowest BCUT2D eigenvalue weighted by molar-refractivity contribution is -0.384. The minimum Gasteiger partial charge on any atom is -0.452 e. The number of benzene rings is 3. The third-order valence-corrected chi connectivity index (χ3v) is 6.98. The van der Waals surface area contributed by atoms with E-state index in [1.165, 1.54) is 42.5 Å². The SMILES string of the molecule is Cc1ccc(NC(=O)COC(=O)c2ccc3c(c2)S(=O)(=O)c2ccccc2C3=O)c([N+](=O)[O-])c1. The molecule has 0 radical (unpaired) electrons. The Labute approximate surface area is 193 Å². The zero-order valence-electron chi connectivity index (χ0n) is 17.6. The Hall–Kier alpha value is -4.38. The number of fused-ring (bicyclic) bond motifs is 2. The Morgan fingerprint density at radius 2 is 1.71 bits per heavy atom. The maximum absolute atomic E-state index is 13.0. The number of hydrogen-bond acceptors (Lipinski definition) is 8. The van der Waals surface area contributed by atoms with Crippen molar-refractivity contribution in [3.63, 3.8) is 0 Å². The monoisotopic (exact) mass is 480 g/mol. The number of ether oxygens (including phenoxy) is 1. The number of esters is 1. The van der Waals surface area contributed by atoms with E-state index in [2.05, 4.69) is 5.32 Å². The number of anilines is 1. The second kappa shape index (κ2) is 8.52. The number of nitrogens with one attached hydrogen (secondary N) is 1. The lowest BCUT2D eigenvalue weighted by Gasteiger charge is -2.19. The van der Waals surface area contributed by atoms with Crippen LogP contribution in [0.5, 0.6) is 0 Å². The quantitative estimate of drug-likeness (QED) is 0.260. The summed E-state index contributed by atoms with van der Waals surface area (Å²) in [5.74, 6) is -2.31.